The fraction of sp³-hybridized carbons (Fsp3) is 0.625. The molecule has 13 heavy (non-hydrogen) atoms. The first-order valence-corrected chi connectivity index (χ1v) is 5.33. The third-order valence-corrected chi connectivity index (χ3v) is 2.58. The first-order valence-electron chi connectivity index (χ1n) is 3.75. The maximum absolute atomic E-state index is 10.9. The Balaban J connectivity index is 4.41. The Kier molecular flexibility index (Phi) is 3.81. The summed E-state index contributed by atoms with van der Waals surface area (Å²) in [5, 5.41) is 0. The Morgan fingerprint density at radius 1 is 1.54 bits per heavy atom. The maximum Gasteiger partial charge on any atom is 0.155 e. The molecule has 0 radical (unpaired) electrons. The summed E-state index contributed by atoms with van der Waals surface area (Å²) in [4.78, 5) is 10.9. The predicted octanol–water partition coefficient (Wildman–Crippen LogP) is 0.703. The van der Waals surface area contributed by atoms with Crippen LogP contribution in [0.4, 0.5) is 0 Å². The lowest BCUT2D eigenvalue weighted by atomic mass is 9.90. The molecule has 0 aromatic carbocycles. The Morgan fingerprint density at radius 3 is 2.31 bits per heavy atom. The van der Waals surface area contributed by atoms with E-state index in [9.17, 15) is 17.8 Å². The third kappa shape index (κ3) is 6.48. The van der Waals surface area contributed by atoms with E-state index in [2.05, 4.69) is 6.58 Å². The minimum Gasteiger partial charge on any atom is -0.748 e. The number of carbonyl (C=O) groups excluding carboxylic acids is 1. The van der Waals surface area contributed by atoms with Crippen LogP contribution in [0.15, 0.2) is 12.7 Å². The lowest BCUT2D eigenvalue weighted by Gasteiger charge is -2.24. The van der Waals surface area contributed by atoms with Gasteiger partial charge in [0.1, 0.15) is 0 Å². The van der Waals surface area contributed by atoms with Gasteiger partial charge in [0, 0.05) is 12.2 Å². The number of hydrogen-bond acceptors (Lipinski definition) is 4. The first kappa shape index (κ1) is 12.3. The molecule has 0 atom stereocenters. The van der Waals surface area contributed by atoms with Crippen LogP contribution in [0, 0.1) is 5.41 Å². The van der Waals surface area contributed by atoms with Crippen LogP contribution in [-0.2, 0) is 14.9 Å². The largest absolute Gasteiger partial charge is 0.748 e. The van der Waals surface area contributed by atoms with Gasteiger partial charge in [-0.05, 0) is 11.5 Å². The average molecular weight is 205 g/mol. The molecule has 0 bridgehead atoms. The molecule has 5 heteroatoms. The van der Waals surface area contributed by atoms with Crippen molar-refractivity contribution in [2.75, 3.05) is 5.75 Å². The molecule has 0 heterocycles. The topological polar surface area (TPSA) is 74.3 Å². The van der Waals surface area contributed by atoms with Crippen molar-refractivity contribution in [3.8, 4) is 0 Å². The molecule has 4 nitrogen and oxygen atoms in total. The summed E-state index contributed by atoms with van der Waals surface area (Å²) >= 11 is 0. The van der Waals surface area contributed by atoms with Gasteiger partial charge in [0.15, 0.2) is 5.78 Å². The molecule has 0 amide bonds. The minimum atomic E-state index is -4.27. The molecule has 76 valence electrons. The summed E-state index contributed by atoms with van der Waals surface area (Å²) in [6.07, 6.45) is 1.15. The fourth-order valence-corrected chi connectivity index (χ4v) is 2.13. The van der Waals surface area contributed by atoms with Crippen LogP contribution < -0.4 is 0 Å². The van der Waals surface area contributed by atoms with Gasteiger partial charge >= 0.3 is 0 Å². The van der Waals surface area contributed by atoms with Crippen LogP contribution in [0.5, 0.6) is 0 Å². The second-order valence-electron chi connectivity index (χ2n) is 3.71. The van der Waals surface area contributed by atoms with Gasteiger partial charge in [-0.25, -0.2) is 8.42 Å². The predicted molar refractivity (Wildman–Crippen MR) is 48.2 cm³/mol. The molecule has 0 spiro atoms. The van der Waals surface area contributed by atoms with Crippen LogP contribution in [0.3, 0.4) is 0 Å². The van der Waals surface area contributed by atoms with E-state index in [1.54, 1.807) is 13.8 Å². The molecule has 0 saturated carbocycles. The van der Waals surface area contributed by atoms with Crippen molar-refractivity contribution in [2.45, 2.75) is 20.3 Å². The average Bonchev–Trinajstić information content (AvgIpc) is 1.80. The SMILES string of the molecule is C=CC(=O)CC(C)(C)CS(=O)(=O)[O-]. The lowest BCUT2D eigenvalue weighted by molar-refractivity contribution is -0.116. The molecule has 0 rings (SSSR count). The first-order chi connectivity index (χ1) is 5.66. The Hall–Kier alpha value is -0.680. The smallest absolute Gasteiger partial charge is 0.155 e. The van der Waals surface area contributed by atoms with Gasteiger partial charge in [-0.3, -0.25) is 4.79 Å². The summed E-state index contributed by atoms with van der Waals surface area (Å²) in [5.41, 5.74) is -0.814. The number of allylic oxidation sites excluding steroid dienone is 1. The molecular formula is C8H13O4S-. The molecule has 0 unspecified atom stereocenters. The van der Waals surface area contributed by atoms with Crippen molar-refractivity contribution in [3.05, 3.63) is 12.7 Å². The standard InChI is InChI=1S/C8H14O4S/c1-4-7(9)5-8(2,3)6-13(10,11)12/h4H,1,5-6H2,2-3H3,(H,10,11,12)/p-1. The van der Waals surface area contributed by atoms with E-state index >= 15 is 0 Å². The van der Waals surface area contributed by atoms with Crippen molar-refractivity contribution >= 4 is 15.9 Å². The molecule has 0 N–H and O–H groups in total. The van der Waals surface area contributed by atoms with Crippen molar-refractivity contribution in [2.24, 2.45) is 5.41 Å². The van der Waals surface area contributed by atoms with Crippen molar-refractivity contribution in [3.63, 3.8) is 0 Å². The highest BCUT2D eigenvalue weighted by atomic mass is 32.2. The number of rotatable bonds is 5. The van der Waals surface area contributed by atoms with E-state index in [1.165, 1.54) is 0 Å². The quantitative estimate of drug-likeness (QED) is 0.489. The third-order valence-electron chi connectivity index (χ3n) is 1.45. The molecular weight excluding hydrogens is 192 g/mol. The van der Waals surface area contributed by atoms with Gasteiger partial charge in [0.25, 0.3) is 0 Å². The lowest BCUT2D eigenvalue weighted by Crippen LogP contribution is -2.26. The molecule has 0 aliphatic rings. The van der Waals surface area contributed by atoms with Crippen molar-refractivity contribution in [1.29, 1.82) is 0 Å². The van der Waals surface area contributed by atoms with Crippen LogP contribution in [0.1, 0.15) is 20.3 Å². The van der Waals surface area contributed by atoms with Gasteiger partial charge in [0.05, 0.1) is 10.1 Å². The monoisotopic (exact) mass is 205 g/mol. The molecule has 0 aromatic heterocycles. The highest BCUT2D eigenvalue weighted by Gasteiger charge is 2.23. The summed E-state index contributed by atoms with van der Waals surface area (Å²) in [6.45, 7) is 6.38. The van der Waals surface area contributed by atoms with Crippen molar-refractivity contribution in [1.82, 2.24) is 0 Å². The molecule has 0 aromatic rings. The van der Waals surface area contributed by atoms with E-state index in [0.717, 1.165) is 6.08 Å². The van der Waals surface area contributed by atoms with E-state index in [4.69, 9.17) is 0 Å². The molecule has 0 aliphatic carbocycles. The zero-order valence-corrected chi connectivity index (χ0v) is 8.56. The fourth-order valence-electron chi connectivity index (χ4n) is 1.07. The van der Waals surface area contributed by atoms with E-state index in [-0.39, 0.29) is 12.2 Å². The Labute approximate surface area is 78.4 Å². The normalized spacial score (nSPS) is 12.5. The highest BCUT2D eigenvalue weighted by Crippen LogP contribution is 2.22. The summed E-state index contributed by atoms with van der Waals surface area (Å²) in [6, 6.07) is 0. The summed E-state index contributed by atoms with van der Waals surface area (Å²) in [7, 11) is -4.27. The number of ketones is 1. The molecule has 0 fully saturated rings. The molecule has 0 aliphatic heterocycles. The van der Waals surface area contributed by atoms with Gasteiger partial charge < -0.3 is 4.55 Å². The van der Waals surface area contributed by atoms with Crippen LogP contribution in [-0.4, -0.2) is 24.5 Å². The zero-order chi connectivity index (χ0) is 10.7. The minimum absolute atomic E-state index is 0.0258. The maximum atomic E-state index is 10.9. The van der Waals surface area contributed by atoms with Crippen LogP contribution in [0.25, 0.3) is 0 Å². The molecule has 0 saturated heterocycles. The van der Waals surface area contributed by atoms with E-state index in [0.29, 0.717) is 0 Å². The van der Waals surface area contributed by atoms with Gasteiger partial charge in [0.2, 0.25) is 0 Å². The highest BCUT2D eigenvalue weighted by molar-refractivity contribution is 7.85. The van der Waals surface area contributed by atoms with E-state index in [1.807, 2.05) is 0 Å². The second-order valence-corrected chi connectivity index (χ2v) is 5.12. The van der Waals surface area contributed by atoms with Gasteiger partial charge in [-0.15, -0.1) is 0 Å². The second kappa shape index (κ2) is 4.02. The van der Waals surface area contributed by atoms with E-state index < -0.39 is 21.3 Å². The summed E-state index contributed by atoms with van der Waals surface area (Å²) in [5.74, 6) is -0.784. The van der Waals surface area contributed by atoms with Crippen LogP contribution in [0.2, 0.25) is 0 Å². The van der Waals surface area contributed by atoms with Crippen LogP contribution >= 0.6 is 0 Å². The number of hydrogen-bond donors (Lipinski definition) is 0. The summed E-state index contributed by atoms with van der Waals surface area (Å²) < 4.78 is 31.3. The van der Waals surface area contributed by atoms with Gasteiger partial charge in [-0.1, -0.05) is 20.4 Å². The zero-order valence-electron chi connectivity index (χ0n) is 7.74. The number of carbonyl (C=O) groups is 1. The van der Waals surface area contributed by atoms with Gasteiger partial charge in [-0.2, -0.15) is 0 Å². The Morgan fingerprint density at radius 2 is 2.00 bits per heavy atom. The van der Waals surface area contributed by atoms with Crippen molar-refractivity contribution < 1.29 is 17.8 Å². The Bertz CT molecular complexity index is 300.